The molecule has 0 aliphatic heterocycles. The molecule has 0 saturated carbocycles. The van der Waals surface area contributed by atoms with E-state index in [1.807, 2.05) is 128 Å². The Morgan fingerprint density at radius 3 is 0.824 bits per heavy atom. The topological polar surface area (TPSA) is 142 Å². The molecule has 11 nitrogen and oxygen atoms in total. The zero-order chi connectivity index (χ0) is 89.0. The number of benzene rings is 18. The van der Waals surface area contributed by atoms with E-state index in [9.17, 15) is 0 Å². The molecule has 0 aliphatic rings. The summed E-state index contributed by atoms with van der Waals surface area (Å²) in [6, 6.07) is 163. The van der Waals surface area contributed by atoms with Gasteiger partial charge in [0.1, 0.15) is 0 Å². The van der Waals surface area contributed by atoms with Crippen molar-refractivity contribution < 1.29 is 0 Å². The zero-order valence-corrected chi connectivity index (χ0v) is 72.5. The number of hydrogen-bond acceptors (Lipinski definition) is 11. The van der Waals surface area contributed by atoms with E-state index < -0.39 is 0 Å². The second kappa shape index (κ2) is 37.7. The van der Waals surface area contributed by atoms with Crippen molar-refractivity contribution in [2.24, 2.45) is 0 Å². The van der Waals surface area contributed by atoms with Crippen LogP contribution < -0.4 is 0 Å². The fraction of sp³-hybridized carbons (Fsp3) is 0.0160. The zero-order valence-electron chi connectivity index (χ0n) is 72.5. The number of fused-ring (bicyclic) bond motifs is 12. The summed E-state index contributed by atoms with van der Waals surface area (Å²) in [7, 11) is 0. The largest absolute Gasteiger partial charge is 0.254 e. The molecular weight excluding hydrogens is 1660 g/mol. The highest BCUT2D eigenvalue weighted by molar-refractivity contribution is 6.22. The van der Waals surface area contributed by atoms with Gasteiger partial charge in [0.25, 0.3) is 0 Å². The van der Waals surface area contributed by atoms with Crippen molar-refractivity contribution in [1.29, 1.82) is 0 Å². The molecule has 0 spiro atoms. The van der Waals surface area contributed by atoms with E-state index in [0.717, 1.165) is 188 Å². The van der Waals surface area contributed by atoms with Gasteiger partial charge in [-0.25, -0.2) is 49.8 Å². The molecule has 0 aliphatic carbocycles. The number of rotatable bonds is 14. The van der Waals surface area contributed by atoms with Crippen LogP contribution in [0.15, 0.2) is 479 Å². The van der Waals surface area contributed by atoms with Crippen LogP contribution in [0.3, 0.4) is 0 Å². The van der Waals surface area contributed by atoms with Crippen LogP contribution in [0.2, 0.25) is 0 Å². The molecule has 7 aromatic heterocycles. The minimum absolute atomic E-state index is 0. The number of pyridine rings is 5. The molecule has 0 amide bonds. The monoisotopic (exact) mass is 1740 g/mol. The minimum atomic E-state index is 0. The third kappa shape index (κ3) is 16.5. The molecule has 0 bridgehead atoms. The van der Waals surface area contributed by atoms with Crippen LogP contribution in [0.1, 0.15) is 14.9 Å². The molecule has 25 rings (SSSR count). The first kappa shape index (κ1) is 84.6. The maximum atomic E-state index is 5.43. The second-order valence-electron chi connectivity index (χ2n) is 33.0. The Morgan fingerprint density at radius 2 is 0.434 bits per heavy atom. The van der Waals surface area contributed by atoms with E-state index in [1.165, 1.54) is 22.1 Å². The Bertz CT molecular complexity index is 8620. The lowest BCUT2D eigenvalue weighted by molar-refractivity contribution is 1.07. The molecule has 0 fully saturated rings. The fourth-order valence-corrected chi connectivity index (χ4v) is 18.4. The lowest BCUT2D eigenvalue weighted by Gasteiger charge is -2.16. The lowest BCUT2D eigenvalue weighted by Crippen LogP contribution is -2.01. The highest BCUT2D eigenvalue weighted by atomic mass is 15.0. The molecule has 18 aromatic carbocycles. The van der Waals surface area contributed by atoms with Crippen molar-refractivity contribution in [2.75, 3.05) is 0 Å². The third-order valence-corrected chi connectivity index (χ3v) is 24.7. The molecule has 642 valence electrons. The van der Waals surface area contributed by atoms with Crippen LogP contribution in [0.5, 0.6) is 0 Å². The average Bonchev–Trinajstić information content (AvgIpc) is 0.744. The number of para-hydroxylation sites is 2. The number of aromatic nitrogens is 11. The molecule has 25 aromatic rings. The molecular formula is C125H87N11. The summed E-state index contributed by atoms with van der Waals surface area (Å²) in [6.07, 6.45) is 1.83. The van der Waals surface area contributed by atoms with Crippen molar-refractivity contribution in [2.45, 2.75) is 14.9 Å². The third-order valence-electron chi connectivity index (χ3n) is 24.7. The van der Waals surface area contributed by atoms with Crippen LogP contribution in [-0.2, 0) is 0 Å². The maximum Gasteiger partial charge on any atom is 0.166 e. The molecule has 7 heterocycles. The molecule has 0 radical (unpaired) electrons. The van der Waals surface area contributed by atoms with Gasteiger partial charge in [-0.2, -0.15) is 0 Å². The van der Waals surface area contributed by atoms with E-state index in [2.05, 4.69) is 357 Å². The van der Waals surface area contributed by atoms with Gasteiger partial charge >= 0.3 is 0 Å². The summed E-state index contributed by atoms with van der Waals surface area (Å²) in [4.78, 5) is 56.1. The van der Waals surface area contributed by atoms with Crippen molar-refractivity contribution in [3.05, 3.63) is 479 Å². The van der Waals surface area contributed by atoms with Crippen LogP contribution in [0, 0.1) is 0 Å². The van der Waals surface area contributed by atoms with Crippen LogP contribution in [0.4, 0.5) is 0 Å². The number of hydrogen-bond donors (Lipinski definition) is 0. The SMILES string of the molecule is C.C.c1ccc(-c2ccc(-c3nc(-c4ccccc4)nc(-c4cccc5c4nc(-c4ccccc4)c4cccc(-c6ccccc6)c45)n3)cc2)cc1.c1ccc(-c2nc(-c3ccccc3)nc(-c3cccc4c3nc(-c3ccccc3)c3cccc(-c5ccccc5)c34)n2)cc1.c1ccc(-c2nc3ccc(-c4ccc5ccc6cccnc6c5n4)cc3c3c(-c4ccccc4)cccc23)cc1. The van der Waals surface area contributed by atoms with Gasteiger partial charge in [-0.1, -0.05) is 452 Å². The molecule has 0 saturated heterocycles. The molecule has 136 heavy (non-hydrogen) atoms. The van der Waals surface area contributed by atoms with Crippen LogP contribution >= 0.6 is 0 Å². The predicted octanol–water partition coefficient (Wildman–Crippen LogP) is 32.2. The first-order valence-corrected chi connectivity index (χ1v) is 44.9. The Balaban J connectivity index is 0.000000122. The summed E-state index contributed by atoms with van der Waals surface area (Å²) in [5.41, 5.74) is 27.3. The predicted molar refractivity (Wildman–Crippen MR) is 565 cm³/mol. The first-order valence-electron chi connectivity index (χ1n) is 44.9. The Morgan fingerprint density at radius 1 is 0.147 bits per heavy atom. The van der Waals surface area contributed by atoms with Crippen LogP contribution in [-0.4, -0.2) is 54.8 Å². The van der Waals surface area contributed by atoms with Gasteiger partial charge < -0.3 is 0 Å². The summed E-state index contributed by atoms with van der Waals surface area (Å²) in [5.74, 6) is 3.64. The quantitative estimate of drug-likeness (QED) is 0.0960. The normalized spacial score (nSPS) is 11.1. The molecule has 0 unspecified atom stereocenters. The highest BCUT2D eigenvalue weighted by Crippen LogP contribution is 2.46. The van der Waals surface area contributed by atoms with Crippen LogP contribution in [0.25, 0.3) is 245 Å². The van der Waals surface area contributed by atoms with Gasteiger partial charge in [0.05, 0.1) is 50.4 Å². The first-order chi connectivity index (χ1) is 66.5. The molecule has 0 atom stereocenters. The fourth-order valence-electron chi connectivity index (χ4n) is 18.4. The lowest BCUT2D eigenvalue weighted by atomic mass is 9.92. The maximum absolute atomic E-state index is 5.43. The summed E-state index contributed by atoms with van der Waals surface area (Å²) < 4.78 is 0. The summed E-state index contributed by atoms with van der Waals surface area (Å²) in [5, 5.41) is 12.2. The molecule has 11 heteroatoms. The average molecular weight is 1740 g/mol. The van der Waals surface area contributed by atoms with Crippen molar-refractivity contribution in [1.82, 2.24) is 54.8 Å². The highest BCUT2D eigenvalue weighted by Gasteiger charge is 2.25. The second-order valence-corrected chi connectivity index (χ2v) is 33.0. The van der Waals surface area contributed by atoms with E-state index >= 15 is 0 Å². The van der Waals surface area contributed by atoms with Crippen molar-refractivity contribution >= 4 is 86.8 Å². The standard InChI is InChI=1S/C46H30N4.C40H26N4.C37H23N3.2CH4/c1-5-15-31(16-6-1)32-27-29-36(30-28-32)45-48-44(35-21-11-4-12-22-35)49-46(50-45)40-26-14-25-39-41-37(33-17-7-2-8-18-33)23-13-24-38(41)42(47-43(39)40)34-19-9-3-10-20-34;1-5-15-27(16-6-1)31-23-13-24-32-35(31)33-25-14-26-34(37(33)41-36(32)28-17-7-2-8-18-28)40-43-38(29-19-9-3-10-20-29)42-39(44-40)30-21-11-4-12-22-30;1-3-9-24(10-4-1)29-14-7-15-30-34(29)31-23-28(19-21-33(31)40-35(30)25-11-5-2-6-12-25)32-20-18-27-17-16-26-13-8-22-38-36(26)37(27)39-32;;/h1-30H;1-26H;1-23H;2*1H4. The smallest absolute Gasteiger partial charge is 0.166 e. The Kier molecular flexibility index (Phi) is 23.5. The van der Waals surface area contributed by atoms with E-state index in [4.69, 9.17) is 49.8 Å². The van der Waals surface area contributed by atoms with E-state index in [-0.39, 0.29) is 14.9 Å². The summed E-state index contributed by atoms with van der Waals surface area (Å²) >= 11 is 0. The van der Waals surface area contributed by atoms with Gasteiger partial charge in [0, 0.05) is 121 Å². The van der Waals surface area contributed by atoms with E-state index in [0.29, 0.717) is 34.9 Å². The van der Waals surface area contributed by atoms with Gasteiger partial charge in [-0.15, -0.1) is 0 Å². The van der Waals surface area contributed by atoms with Crippen molar-refractivity contribution in [3.8, 4) is 158 Å². The molecule has 0 N–H and O–H groups in total. The number of nitrogens with zero attached hydrogens (tertiary/aromatic N) is 11. The Hall–Kier alpha value is -18.2. The van der Waals surface area contributed by atoms with E-state index in [1.54, 1.807) is 0 Å². The van der Waals surface area contributed by atoms with Gasteiger partial charge in [0.15, 0.2) is 34.9 Å². The van der Waals surface area contributed by atoms with Gasteiger partial charge in [0.2, 0.25) is 0 Å². The van der Waals surface area contributed by atoms with Gasteiger partial charge in [-0.3, -0.25) is 4.98 Å². The minimum Gasteiger partial charge on any atom is -0.254 e. The summed E-state index contributed by atoms with van der Waals surface area (Å²) in [6.45, 7) is 0. The van der Waals surface area contributed by atoms with Crippen molar-refractivity contribution in [3.63, 3.8) is 0 Å². The van der Waals surface area contributed by atoms with Gasteiger partial charge in [-0.05, 0) is 80.9 Å². The Labute approximate surface area is 788 Å².